The molecule has 1 aromatic heterocycles. The lowest BCUT2D eigenvalue weighted by Crippen LogP contribution is -3.11. The van der Waals surface area contributed by atoms with E-state index in [1.165, 1.54) is 10.6 Å². The number of likely N-dealkylation sites (tertiary alicyclic amines) is 1. The lowest BCUT2D eigenvalue weighted by molar-refractivity contribution is -0.910. The summed E-state index contributed by atoms with van der Waals surface area (Å²) in [5.41, 5.74) is 2.37. The topological polar surface area (TPSA) is 62.3 Å². The Bertz CT molecular complexity index is 743. The van der Waals surface area contributed by atoms with Crippen molar-refractivity contribution in [3.8, 4) is 6.07 Å². The molecule has 0 spiro atoms. The highest BCUT2D eigenvalue weighted by atomic mass is 16.2. The SMILES string of the molecule is Cn1cccc1[C@H]1CCC[NH+]1CC(=O)Nc1ccccc1C#N. The summed E-state index contributed by atoms with van der Waals surface area (Å²) in [5.74, 6) is -0.0381. The third-order valence-electron chi connectivity index (χ3n) is 4.53. The monoisotopic (exact) mass is 309 g/mol. The van der Waals surface area contributed by atoms with Crippen LogP contribution in [0.4, 0.5) is 5.69 Å². The van der Waals surface area contributed by atoms with Crippen molar-refractivity contribution >= 4 is 11.6 Å². The van der Waals surface area contributed by atoms with Gasteiger partial charge < -0.3 is 14.8 Å². The molecule has 2 N–H and O–H groups in total. The van der Waals surface area contributed by atoms with Gasteiger partial charge in [0.15, 0.2) is 6.54 Å². The van der Waals surface area contributed by atoms with Crippen LogP contribution in [0.15, 0.2) is 42.6 Å². The second kappa shape index (κ2) is 6.67. The summed E-state index contributed by atoms with van der Waals surface area (Å²) < 4.78 is 2.14. The molecular weight excluding hydrogens is 288 g/mol. The number of anilines is 1. The van der Waals surface area contributed by atoms with Crippen LogP contribution in [0.5, 0.6) is 0 Å². The number of hydrogen-bond acceptors (Lipinski definition) is 2. The molecule has 0 saturated carbocycles. The summed E-state index contributed by atoms with van der Waals surface area (Å²) in [5, 5.41) is 12.0. The maximum Gasteiger partial charge on any atom is 0.279 e. The van der Waals surface area contributed by atoms with Gasteiger partial charge in [-0.15, -0.1) is 0 Å². The quantitative estimate of drug-likeness (QED) is 0.893. The number of carbonyl (C=O) groups excluding carboxylic acids is 1. The molecule has 5 heteroatoms. The molecule has 118 valence electrons. The summed E-state index contributed by atoms with van der Waals surface area (Å²) in [4.78, 5) is 13.7. The molecule has 1 unspecified atom stereocenters. The minimum absolute atomic E-state index is 0.0381. The number of aryl methyl sites for hydroxylation is 1. The molecule has 1 aliphatic heterocycles. The van der Waals surface area contributed by atoms with E-state index in [-0.39, 0.29) is 5.91 Å². The van der Waals surface area contributed by atoms with Gasteiger partial charge >= 0.3 is 0 Å². The molecule has 1 aliphatic rings. The minimum Gasteiger partial charge on any atom is -0.350 e. The van der Waals surface area contributed by atoms with E-state index in [0.717, 1.165) is 19.4 Å². The number of nitrogens with one attached hydrogen (secondary N) is 2. The summed E-state index contributed by atoms with van der Waals surface area (Å²) in [6, 6.07) is 13.8. The number of nitrogens with zero attached hydrogens (tertiary/aromatic N) is 2. The highest BCUT2D eigenvalue weighted by Crippen LogP contribution is 2.19. The van der Waals surface area contributed by atoms with Crippen molar-refractivity contribution in [1.29, 1.82) is 5.26 Å². The highest BCUT2D eigenvalue weighted by Gasteiger charge is 2.33. The summed E-state index contributed by atoms with van der Waals surface area (Å²) >= 11 is 0. The van der Waals surface area contributed by atoms with E-state index >= 15 is 0 Å². The molecule has 23 heavy (non-hydrogen) atoms. The summed E-state index contributed by atoms with van der Waals surface area (Å²) in [6.45, 7) is 1.43. The van der Waals surface area contributed by atoms with Crippen LogP contribution in [0.25, 0.3) is 0 Å². The summed E-state index contributed by atoms with van der Waals surface area (Å²) in [6.07, 6.45) is 4.29. The van der Waals surface area contributed by atoms with Crippen LogP contribution in [-0.2, 0) is 11.8 Å². The predicted octanol–water partition coefficient (Wildman–Crippen LogP) is 1.26. The zero-order valence-electron chi connectivity index (χ0n) is 13.2. The highest BCUT2D eigenvalue weighted by molar-refractivity contribution is 5.92. The molecule has 2 heterocycles. The van der Waals surface area contributed by atoms with Gasteiger partial charge in [-0.2, -0.15) is 5.26 Å². The van der Waals surface area contributed by atoms with Crippen molar-refractivity contribution in [2.75, 3.05) is 18.4 Å². The Labute approximate surface area is 136 Å². The first-order chi connectivity index (χ1) is 11.2. The van der Waals surface area contributed by atoms with E-state index in [9.17, 15) is 4.79 Å². The lowest BCUT2D eigenvalue weighted by atomic mass is 10.1. The van der Waals surface area contributed by atoms with Crippen LogP contribution < -0.4 is 10.2 Å². The van der Waals surface area contributed by atoms with Crippen molar-refractivity contribution in [3.63, 3.8) is 0 Å². The van der Waals surface area contributed by atoms with Crippen LogP contribution in [0.3, 0.4) is 0 Å². The zero-order valence-corrected chi connectivity index (χ0v) is 13.2. The number of rotatable bonds is 4. The standard InChI is InChI=1S/C18H20N4O/c1-21-10-4-8-16(21)17-9-5-11-22(17)13-18(23)20-15-7-3-2-6-14(15)12-19/h2-4,6-8,10,17H,5,9,11,13H2,1H3,(H,20,23)/p+1/t17-/m1/s1. The molecule has 1 aromatic carbocycles. The number of amides is 1. The van der Waals surface area contributed by atoms with Gasteiger partial charge in [-0.25, -0.2) is 0 Å². The van der Waals surface area contributed by atoms with Gasteiger partial charge in [0.2, 0.25) is 0 Å². The van der Waals surface area contributed by atoms with E-state index in [1.54, 1.807) is 18.2 Å². The second-order valence-corrected chi connectivity index (χ2v) is 6.03. The minimum atomic E-state index is -0.0381. The molecule has 2 aromatic rings. The molecule has 0 aliphatic carbocycles. The Balaban J connectivity index is 1.68. The van der Waals surface area contributed by atoms with Crippen molar-refractivity contribution in [2.24, 2.45) is 7.05 Å². The number of quaternary nitrogens is 1. The van der Waals surface area contributed by atoms with Gasteiger partial charge in [-0.3, -0.25) is 4.79 Å². The Hall–Kier alpha value is -2.58. The lowest BCUT2D eigenvalue weighted by Gasteiger charge is -2.21. The van der Waals surface area contributed by atoms with Crippen LogP contribution in [0.2, 0.25) is 0 Å². The van der Waals surface area contributed by atoms with Gasteiger partial charge in [-0.05, 0) is 24.3 Å². The molecule has 0 bridgehead atoms. The Morgan fingerprint density at radius 1 is 1.39 bits per heavy atom. The molecule has 3 rings (SSSR count). The molecular formula is C18H21N4O+. The second-order valence-electron chi connectivity index (χ2n) is 6.03. The Morgan fingerprint density at radius 2 is 2.22 bits per heavy atom. The predicted molar refractivity (Wildman–Crippen MR) is 87.9 cm³/mol. The number of hydrogen-bond donors (Lipinski definition) is 2. The van der Waals surface area contributed by atoms with Crippen molar-refractivity contribution < 1.29 is 9.69 Å². The first-order valence-electron chi connectivity index (χ1n) is 7.94. The van der Waals surface area contributed by atoms with Gasteiger partial charge in [0, 0.05) is 26.1 Å². The number of carbonyl (C=O) groups is 1. The van der Waals surface area contributed by atoms with Crippen molar-refractivity contribution in [2.45, 2.75) is 18.9 Å². The first kappa shape index (κ1) is 15.3. The number of nitriles is 1. The van der Waals surface area contributed by atoms with Crippen LogP contribution in [-0.4, -0.2) is 23.6 Å². The van der Waals surface area contributed by atoms with Gasteiger partial charge in [-0.1, -0.05) is 12.1 Å². The van der Waals surface area contributed by atoms with E-state index in [2.05, 4.69) is 41.3 Å². The van der Waals surface area contributed by atoms with Crippen LogP contribution in [0, 0.1) is 11.3 Å². The van der Waals surface area contributed by atoms with Crippen LogP contribution in [0.1, 0.15) is 30.1 Å². The van der Waals surface area contributed by atoms with Crippen molar-refractivity contribution in [1.82, 2.24) is 4.57 Å². The number of benzene rings is 1. The van der Waals surface area contributed by atoms with Gasteiger partial charge in [0.1, 0.15) is 12.1 Å². The fraction of sp³-hybridized carbons (Fsp3) is 0.333. The van der Waals surface area contributed by atoms with Crippen molar-refractivity contribution in [3.05, 3.63) is 53.9 Å². The zero-order chi connectivity index (χ0) is 16.2. The van der Waals surface area contributed by atoms with E-state index in [4.69, 9.17) is 5.26 Å². The van der Waals surface area contributed by atoms with Gasteiger partial charge in [0.05, 0.1) is 23.5 Å². The number of aromatic nitrogens is 1. The third-order valence-corrected chi connectivity index (χ3v) is 4.53. The van der Waals surface area contributed by atoms with E-state index in [1.807, 2.05) is 6.07 Å². The smallest absolute Gasteiger partial charge is 0.279 e. The molecule has 1 saturated heterocycles. The summed E-state index contributed by atoms with van der Waals surface area (Å²) in [7, 11) is 2.05. The molecule has 1 fully saturated rings. The van der Waals surface area contributed by atoms with E-state index < -0.39 is 0 Å². The maximum atomic E-state index is 12.4. The third kappa shape index (κ3) is 3.27. The van der Waals surface area contributed by atoms with Crippen LogP contribution >= 0.6 is 0 Å². The molecule has 5 nitrogen and oxygen atoms in total. The Morgan fingerprint density at radius 3 is 2.96 bits per heavy atom. The normalized spacial score (nSPS) is 20.2. The maximum absolute atomic E-state index is 12.4. The van der Waals surface area contributed by atoms with E-state index in [0.29, 0.717) is 23.8 Å². The Kier molecular flexibility index (Phi) is 4.45. The average molecular weight is 309 g/mol. The first-order valence-corrected chi connectivity index (χ1v) is 7.94. The number of para-hydroxylation sites is 1. The van der Waals surface area contributed by atoms with Gasteiger partial charge in [0.25, 0.3) is 5.91 Å². The molecule has 2 atom stereocenters. The molecule has 1 amide bonds. The fourth-order valence-corrected chi connectivity index (χ4v) is 3.41. The average Bonchev–Trinajstić information content (AvgIpc) is 3.16. The fourth-order valence-electron chi connectivity index (χ4n) is 3.41. The largest absolute Gasteiger partial charge is 0.350 e. The molecule has 0 radical (unpaired) electrons.